The van der Waals surface area contributed by atoms with Crippen LogP contribution in [-0.4, -0.2) is 57.7 Å². The van der Waals surface area contributed by atoms with Crippen LogP contribution in [0, 0.1) is 0 Å². The number of nitrogens with one attached hydrogen (secondary N) is 1. The van der Waals surface area contributed by atoms with E-state index in [1.807, 2.05) is 0 Å². The SMILES string of the molecule is CCCCCCCCCCCCCCOc1cc(C(=O)NCCOCCO)cc(OCCCCCCCCCCCCCC)c1OC. The molecule has 0 bridgehead atoms. The Bertz CT molecular complexity index is 797. The predicted octanol–water partition coefficient (Wildman–Crippen LogP) is 10.6. The summed E-state index contributed by atoms with van der Waals surface area (Å²) in [5.74, 6) is 1.42. The normalized spacial score (nSPS) is 11.1. The van der Waals surface area contributed by atoms with E-state index in [1.54, 1.807) is 19.2 Å². The second-order valence-corrected chi connectivity index (χ2v) is 13.1. The standard InChI is InChI=1S/C40H73NO6/c1-4-6-8-10-12-14-16-18-20-22-24-26-30-46-37-34-36(40(43)41-28-32-45-33-29-42)35-38(39(37)44-3)47-31-27-25-23-21-19-17-15-13-11-9-7-5-2/h34-35,42H,4-33H2,1-3H3,(H,41,43). The van der Waals surface area contributed by atoms with Crippen molar-refractivity contribution in [3.8, 4) is 17.2 Å². The molecule has 0 radical (unpaired) electrons. The molecule has 1 rings (SSSR count). The summed E-state index contributed by atoms with van der Waals surface area (Å²) in [6.07, 6.45) is 31.0. The number of unbranched alkanes of at least 4 members (excludes halogenated alkanes) is 22. The van der Waals surface area contributed by atoms with E-state index in [1.165, 1.54) is 128 Å². The largest absolute Gasteiger partial charge is 0.490 e. The molecule has 0 unspecified atom stereocenters. The molecule has 1 aromatic rings. The molecule has 7 heteroatoms. The molecular weight excluding hydrogens is 590 g/mol. The maximum absolute atomic E-state index is 13.0. The zero-order valence-electron chi connectivity index (χ0n) is 30.9. The number of benzene rings is 1. The third-order valence-electron chi connectivity index (χ3n) is 8.77. The van der Waals surface area contributed by atoms with Gasteiger partial charge in [0.05, 0.1) is 40.1 Å². The minimum absolute atomic E-state index is 0.0355. The molecule has 0 aliphatic rings. The summed E-state index contributed by atoms with van der Waals surface area (Å²) in [5.41, 5.74) is 0.474. The minimum Gasteiger partial charge on any atom is -0.490 e. The van der Waals surface area contributed by atoms with E-state index in [4.69, 9.17) is 24.1 Å². The van der Waals surface area contributed by atoms with Gasteiger partial charge < -0.3 is 29.4 Å². The lowest BCUT2D eigenvalue weighted by Crippen LogP contribution is -2.27. The molecule has 0 heterocycles. The summed E-state index contributed by atoms with van der Waals surface area (Å²) in [6, 6.07) is 3.50. The number of hydrogen-bond donors (Lipinski definition) is 2. The van der Waals surface area contributed by atoms with Crippen LogP contribution in [0.1, 0.15) is 178 Å². The minimum atomic E-state index is -0.217. The number of rotatable bonds is 35. The van der Waals surface area contributed by atoms with Crippen LogP contribution in [-0.2, 0) is 4.74 Å². The molecule has 0 aliphatic heterocycles. The molecule has 0 aromatic heterocycles. The van der Waals surface area contributed by atoms with Crippen LogP contribution in [0.5, 0.6) is 17.2 Å². The highest BCUT2D eigenvalue weighted by molar-refractivity contribution is 5.95. The monoisotopic (exact) mass is 664 g/mol. The Morgan fingerprint density at radius 2 is 0.957 bits per heavy atom. The first kappa shape index (κ1) is 43.0. The second-order valence-electron chi connectivity index (χ2n) is 13.1. The Morgan fingerprint density at radius 1 is 0.574 bits per heavy atom. The van der Waals surface area contributed by atoms with Crippen LogP contribution >= 0.6 is 0 Å². The average molecular weight is 664 g/mol. The number of amides is 1. The number of carbonyl (C=O) groups is 1. The molecule has 1 aromatic carbocycles. The van der Waals surface area contributed by atoms with Gasteiger partial charge in [-0.15, -0.1) is 0 Å². The molecular formula is C40H73NO6. The smallest absolute Gasteiger partial charge is 0.251 e. The quantitative estimate of drug-likeness (QED) is 0.0703. The molecule has 0 spiro atoms. The fourth-order valence-electron chi connectivity index (χ4n) is 5.88. The van der Waals surface area contributed by atoms with E-state index in [-0.39, 0.29) is 19.1 Å². The Morgan fingerprint density at radius 3 is 1.32 bits per heavy atom. The molecule has 7 nitrogen and oxygen atoms in total. The van der Waals surface area contributed by atoms with Crippen molar-refractivity contribution in [2.75, 3.05) is 46.7 Å². The van der Waals surface area contributed by atoms with Crippen LogP contribution in [0.4, 0.5) is 0 Å². The second kappa shape index (κ2) is 32.6. The van der Waals surface area contributed by atoms with Gasteiger partial charge in [-0.25, -0.2) is 0 Å². The van der Waals surface area contributed by atoms with Gasteiger partial charge in [-0.2, -0.15) is 0 Å². The van der Waals surface area contributed by atoms with E-state index in [9.17, 15) is 4.79 Å². The fourth-order valence-corrected chi connectivity index (χ4v) is 5.88. The topological polar surface area (TPSA) is 86.3 Å². The van der Waals surface area contributed by atoms with Crippen LogP contribution in [0.25, 0.3) is 0 Å². The summed E-state index contributed by atoms with van der Waals surface area (Å²) in [4.78, 5) is 13.0. The first-order valence-corrected chi connectivity index (χ1v) is 19.6. The Hall–Kier alpha value is -1.99. The first-order chi connectivity index (χ1) is 23.2. The van der Waals surface area contributed by atoms with Crippen molar-refractivity contribution in [3.63, 3.8) is 0 Å². The van der Waals surface area contributed by atoms with Crippen molar-refractivity contribution >= 4 is 5.91 Å². The summed E-state index contributed by atoms with van der Waals surface area (Å²) in [7, 11) is 1.63. The van der Waals surface area contributed by atoms with E-state index < -0.39 is 0 Å². The Labute approximate surface area is 289 Å². The van der Waals surface area contributed by atoms with Gasteiger partial charge in [0.15, 0.2) is 11.5 Å². The highest BCUT2D eigenvalue weighted by Crippen LogP contribution is 2.39. The van der Waals surface area contributed by atoms with Gasteiger partial charge in [-0.3, -0.25) is 4.79 Å². The van der Waals surface area contributed by atoms with Gasteiger partial charge >= 0.3 is 0 Å². The molecule has 1 amide bonds. The van der Waals surface area contributed by atoms with Crippen LogP contribution in [0.15, 0.2) is 12.1 Å². The number of ether oxygens (including phenoxy) is 4. The van der Waals surface area contributed by atoms with E-state index in [0.717, 1.165) is 25.7 Å². The summed E-state index contributed by atoms with van der Waals surface area (Å²) in [6.45, 7) is 6.61. The lowest BCUT2D eigenvalue weighted by atomic mass is 10.1. The predicted molar refractivity (Wildman–Crippen MR) is 196 cm³/mol. The number of aliphatic hydroxyl groups is 1. The zero-order chi connectivity index (χ0) is 34.0. The van der Waals surface area contributed by atoms with Crippen LogP contribution < -0.4 is 19.5 Å². The van der Waals surface area contributed by atoms with E-state index in [0.29, 0.717) is 49.2 Å². The van der Waals surface area contributed by atoms with Crippen LogP contribution in [0.2, 0.25) is 0 Å². The molecule has 2 N–H and O–H groups in total. The van der Waals surface area contributed by atoms with E-state index in [2.05, 4.69) is 19.2 Å². The number of aliphatic hydroxyl groups excluding tert-OH is 1. The number of hydrogen-bond acceptors (Lipinski definition) is 6. The maximum atomic E-state index is 13.0. The Balaban J connectivity index is 2.50. The van der Waals surface area contributed by atoms with E-state index >= 15 is 0 Å². The molecule has 274 valence electrons. The highest BCUT2D eigenvalue weighted by atomic mass is 16.5. The molecule has 0 aliphatic carbocycles. The van der Waals surface area contributed by atoms with Crippen LogP contribution in [0.3, 0.4) is 0 Å². The molecule has 0 saturated heterocycles. The molecule has 0 saturated carbocycles. The number of methoxy groups -OCH3 is 1. The highest BCUT2D eigenvalue weighted by Gasteiger charge is 2.18. The average Bonchev–Trinajstić information content (AvgIpc) is 3.08. The third kappa shape index (κ3) is 23.9. The van der Waals surface area contributed by atoms with Crippen molar-refractivity contribution in [2.24, 2.45) is 0 Å². The molecule has 0 fully saturated rings. The van der Waals surface area contributed by atoms with Crippen molar-refractivity contribution in [1.29, 1.82) is 0 Å². The van der Waals surface area contributed by atoms with Gasteiger partial charge in [0.1, 0.15) is 0 Å². The van der Waals surface area contributed by atoms with Gasteiger partial charge in [0.25, 0.3) is 5.91 Å². The van der Waals surface area contributed by atoms with Gasteiger partial charge in [-0.1, -0.05) is 155 Å². The Kier molecular flexibility index (Phi) is 29.8. The van der Waals surface area contributed by atoms with Crippen molar-refractivity contribution in [3.05, 3.63) is 17.7 Å². The van der Waals surface area contributed by atoms with Crippen molar-refractivity contribution in [1.82, 2.24) is 5.32 Å². The summed E-state index contributed by atoms with van der Waals surface area (Å²) >= 11 is 0. The number of carbonyl (C=O) groups excluding carboxylic acids is 1. The molecule has 0 atom stereocenters. The first-order valence-electron chi connectivity index (χ1n) is 19.6. The van der Waals surface area contributed by atoms with Gasteiger partial charge in [0.2, 0.25) is 5.75 Å². The van der Waals surface area contributed by atoms with Gasteiger partial charge in [0, 0.05) is 12.1 Å². The summed E-state index contributed by atoms with van der Waals surface area (Å²) in [5, 5.41) is 11.8. The fraction of sp³-hybridized carbons (Fsp3) is 0.825. The summed E-state index contributed by atoms with van der Waals surface area (Å²) < 4.78 is 23.4. The van der Waals surface area contributed by atoms with Gasteiger partial charge in [-0.05, 0) is 25.0 Å². The van der Waals surface area contributed by atoms with Crippen molar-refractivity contribution in [2.45, 2.75) is 168 Å². The molecule has 47 heavy (non-hydrogen) atoms. The lowest BCUT2D eigenvalue weighted by molar-refractivity contribution is 0.0837. The zero-order valence-corrected chi connectivity index (χ0v) is 30.9. The van der Waals surface area contributed by atoms with Crippen molar-refractivity contribution < 1.29 is 28.8 Å². The lowest BCUT2D eigenvalue weighted by Gasteiger charge is -2.17. The maximum Gasteiger partial charge on any atom is 0.251 e. The third-order valence-corrected chi connectivity index (χ3v) is 8.77.